The van der Waals surface area contributed by atoms with Crippen LogP contribution in [-0.4, -0.2) is 18.6 Å². The Morgan fingerprint density at radius 1 is 1.41 bits per heavy atom. The highest BCUT2D eigenvalue weighted by atomic mass is 16.5. The summed E-state index contributed by atoms with van der Waals surface area (Å²) >= 11 is 0. The number of amides is 1. The number of anilines is 1. The van der Waals surface area contributed by atoms with Crippen LogP contribution in [0.15, 0.2) is 24.3 Å². The van der Waals surface area contributed by atoms with Crippen LogP contribution in [0, 0.1) is 0 Å². The number of ether oxygens (including phenoxy) is 1. The largest absolute Gasteiger partial charge is 0.377 e. The van der Waals surface area contributed by atoms with Crippen molar-refractivity contribution in [3.8, 4) is 0 Å². The number of rotatable bonds is 6. The van der Waals surface area contributed by atoms with Crippen molar-refractivity contribution >= 4 is 11.6 Å². The van der Waals surface area contributed by atoms with Gasteiger partial charge >= 0.3 is 0 Å². The van der Waals surface area contributed by atoms with Crippen molar-refractivity contribution in [1.82, 2.24) is 0 Å². The Morgan fingerprint density at radius 3 is 2.76 bits per heavy atom. The van der Waals surface area contributed by atoms with E-state index in [4.69, 9.17) is 10.5 Å². The average Bonchev–Trinajstić information content (AvgIpc) is 2.36. The molecule has 0 bridgehead atoms. The van der Waals surface area contributed by atoms with Crippen molar-refractivity contribution in [2.24, 2.45) is 5.73 Å². The molecule has 0 fully saturated rings. The molecule has 1 amide bonds. The second kappa shape index (κ2) is 7.04. The number of nitrogens with two attached hydrogens (primary N) is 1. The van der Waals surface area contributed by atoms with Crippen molar-refractivity contribution in [2.45, 2.75) is 32.9 Å². The van der Waals surface area contributed by atoms with Crippen LogP contribution < -0.4 is 11.1 Å². The Balaban J connectivity index is 2.72. The zero-order valence-corrected chi connectivity index (χ0v) is 10.4. The van der Waals surface area contributed by atoms with Gasteiger partial charge in [0.1, 0.15) is 0 Å². The van der Waals surface area contributed by atoms with Crippen molar-refractivity contribution < 1.29 is 9.53 Å². The number of benzene rings is 1. The summed E-state index contributed by atoms with van der Waals surface area (Å²) in [6.07, 6.45) is 0.624. The lowest BCUT2D eigenvalue weighted by Gasteiger charge is -2.13. The number of carbonyl (C=O) groups is 1. The van der Waals surface area contributed by atoms with Gasteiger partial charge in [0.15, 0.2) is 0 Å². The van der Waals surface area contributed by atoms with E-state index in [0.29, 0.717) is 19.6 Å². The maximum Gasteiger partial charge on any atom is 0.241 e. The molecule has 1 aromatic rings. The third-order valence-electron chi connectivity index (χ3n) is 2.51. The summed E-state index contributed by atoms with van der Waals surface area (Å²) in [4.78, 5) is 11.7. The summed E-state index contributed by atoms with van der Waals surface area (Å²) in [7, 11) is 0. The molecule has 4 heteroatoms. The van der Waals surface area contributed by atoms with Gasteiger partial charge in [-0.15, -0.1) is 0 Å². The highest BCUT2D eigenvalue weighted by Gasteiger charge is 2.12. The number of para-hydroxylation sites is 1. The van der Waals surface area contributed by atoms with Gasteiger partial charge in [0, 0.05) is 17.9 Å². The lowest BCUT2D eigenvalue weighted by molar-refractivity contribution is -0.117. The van der Waals surface area contributed by atoms with E-state index in [9.17, 15) is 4.79 Å². The molecular weight excluding hydrogens is 216 g/mol. The van der Waals surface area contributed by atoms with Gasteiger partial charge in [0.2, 0.25) is 5.91 Å². The number of carbonyl (C=O) groups excluding carboxylic acids is 1. The first-order valence-corrected chi connectivity index (χ1v) is 5.91. The molecular formula is C13H20N2O2. The molecule has 0 aliphatic rings. The van der Waals surface area contributed by atoms with Gasteiger partial charge in [-0.2, -0.15) is 0 Å². The Bertz CT molecular complexity index is 366. The summed E-state index contributed by atoms with van der Waals surface area (Å²) < 4.78 is 5.35. The minimum absolute atomic E-state index is 0.156. The molecule has 0 radical (unpaired) electrons. The minimum Gasteiger partial charge on any atom is -0.377 e. The summed E-state index contributed by atoms with van der Waals surface area (Å²) in [6.45, 7) is 4.97. The topological polar surface area (TPSA) is 64.3 Å². The van der Waals surface area contributed by atoms with E-state index >= 15 is 0 Å². The highest BCUT2D eigenvalue weighted by Crippen LogP contribution is 2.16. The molecule has 0 saturated carbocycles. The van der Waals surface area contributed by atoms with Gasteiger partial charge in [-0.25, -0.2) is 0 Å². The molecule has 0 spiro atoms. The average molecular weight is 236 g/mol. The number of hydrogen-bond donors (Lipinski definition) is 2. The van der Waals surface area contributed by atoms with Gasteiger partial charge in [0.25, 0.3) is 0 Å². The second-order valence-corrected chi connectivity index (χ2v) is 3.80. The SMILES string of the molecule is CCOCc1ccccc1NC(=O)[C@H](N)CC. The maximum absolute atomic E-state index is 11.7. The van der Waals surface area contributed by atoms with Crippen LogP contribution in [0.1, 0.15) is 25.8 Å². The fraction of sp³-hybridized carbons (Fsp3) is 0.462. The lowest BCUT2D eigenvalue weighted by Crippen LogP contribution is -2.35. The molecule has 3 N–H and O–H groups in total. The van der Waals surface area contributed by atoms with Crippen LogP contribution in [0.4, 0.5) is 5.69 Å². The van der Waals surface area contributed by atoms with E-state index in [1.165, 1.54) is 0 Å². The third kappa shape index (κ3) is 4.17. The number of nitrogens with one attached hydrogen (secondary N) is 1. The highest BCUT2D eigenvalue weighted by molar-refractivity contribution is 5.95. The fourth-order valence-corrected chi connectivity index (χ4v) is 1.39. The standard InChI is InChI=1S/C13H20N2O2/c1-3-11(14)13(16)15-12-8-6-5-7-10(12)9-17-4-2/h5-8,11H,3-4,9,14H2,1-2H3,(H,15,16)/t11-/m1/s1. The minimum atomic E-state index is -0.463. The van der Waals surface area contributed by atoms with E-state index < -0.39 is 6.04 Å². The lowest BCUT2D eigenvalue weighted by atomic mass is 10.1. The molecule has 0 saturated heterocycles. The second-order valence-electron chi connectivity index (χ2n) is 3.80. The molecule has 1 rings (SSSR count). The van der Waals surface area contributed by atoms with Crippen LogP contribution in [0.2, 0.25) is 0 Å². The van der Waals surface area contributed by atoms with Gasteiger partial charge in [-0.3, -0.25) is 4.79 Å². The van der Waals surface area contributed by atoms with Crippen molar-refractivity contribution in [3.05, 3.63) is 29.8 Å². The van der Waals surface area contributed by atoms with Crippen molar-refractivity contribution in [3.63, 3.8) is 0 Å². The summed E-state index contributed by atoms with van der Waals surface area (Å²) in [5, 5.41) is 2.83. The molecule has 0 unspecified atom stereocenters. The Labute approximate surface area is 102 Å². The normalized spacial score (nSPS) is 12.2. The summed E-state index contributed by atoms with van der Waals surface area (Å²) in [6, 6.07) is 7.12. The van der Waals surface area contributed by atoms with Gasteiger partial charge in [-0.1, -0.05) is 25.1 Å². The molecule has 94 valence electrons. The molecule has 0 heterocycles. The summed E-state index contributed by atoms with van der Waals surface area (Å²) in [5.41, 5.74) is 7.41. The Morgan fingerprint density at radius 2 is 2.12 bits per heavy atom. The van der Waals surface area contributed by atoms with Crippen LogP contribution in [-0.2, 0) is 16.1 Å². The molecule has 0 aliphatic carbocycles. The van der Waals surface area contributed by atoms with Gasteiger partial charge in [-0.05, 0) is 19.4 Å². The van der Waals surface area contributed by atoms with Gasteiger partial charge in [0.05, 0.1) is 12.6 Å². The first kappa shape index (κ1) is 13.7. The van der Waals surface area contributed by atoms with E-state index in [-0.39, 0.29) is 5.91 Å². The third-order valence-corrected chi connectivity index (χ3v) is 2.51. The van der Waals surface area contributed by atoms with Crippen LogP contribution in [0.3, 0.4) is 0 Å². The molecule has 1 atom stereocenters. The van der Waals surface area contributed by atoms with E-state index in [2.05, 4.69) is 5.32 Å². The van der Waals surface area contributed by atoms with Gasteiger partial charge < -0.3 is 15.8 Å². The predicted octanol–water partition coefficient (Wildman–Crippen LogP) is 1.90. The first-order chi connectivity index (χ1) is 8.19. The Kier molecular flexibility index (Phi) is 5.66. The van der Waals surface area contributed by atoms with Crippen molar-refractivity contribution in [2.75, 3.05) is 11.9 Å². The molecule has 17 heavy (non-hydrogen) atoms. The zero-order chi connectivity index (χ0) is 12.7. The van der Waals surface area contributed by atoms with E-state index in [1.807, 2.05) is 38.1 Å². The quantitative estimate of drug-likeness (QED) is 0.793. The molecule has 1 aromatic carbocycles. The van der Waals surface area contributed by atoms with Crippen LogP contribution in [0.25, 0.3) is 0 Å². The van der Waals surface area contributed by atoms with E-state index in [0.717, 1.165) is 11.3 Å². The fourth-order valence-electron chi connectivity index (χ4n) is 1.39. The molecule has 0 aromatic heterocycles. The first-order valence-electron chi connectivity index (χ1n) is 5.91. The van der Waals surface area contributed by atoms with Crippen molar-refractivity contribution in [1.29, 1.82) is 0 Å². The Hall–Kier alpha value is -1.39. The number of hydrogen-bond acceptors (Lipinski definition) is 3. The molecule has 0 aliphatic heterocycles. The summed E-state index contributed by atoms with van der Waals surface area (Å²) in [5.74, 6) is -0.156. The predicted molar refractivity (Wildman–Crippen MR) is 68.7 cm³/mol. The molecule has 4 nitrogen and oxygen atoms in total. The van der Waals surface area contributed by atoms with E-state index in [1.54, 1.807) is 0 Å². The van der Waals surface area contributed by atoms with Crippen LogP contribution in [0.5, 0.6) is 0 Å². The monoisotopic (exact) mass is 236 g/mol. The maximum atomic E-state index is 11.7. The smallest absolute Gasteiger partial charge is 0.241 e. The van der Waals surface area contributed by atoms with Crippen LogP contribution >= 0.6 is 0 Å². The zero-order valence-electron chi connectivity index (χ0n) is 10.4.